The van der Waals surface area contributed by atoms with Gasteiger partial charge in [0.15, 0.2) is 18.0 Å². The number of anilines is 1. The summed E-state index contributed by atoms with van der Waals surface area (Å²) in [6, 6.07) is 10.2. The molecule has 0 spiro atoms. The number of rotatable bonds is 4. The van der Waals surface area contributed by atoms with Crippen LogP contribution in [0.3, 0.4) is 0 Å². The lowest BCUT2D eigenvalue weighted by Crippen LogP contribution is -3.11. The van der Waals surface area contributed by atoms with Crippen molar-refractivity contribution in [3.8, 4) is 11.5 Å². The quantitative estimate of drug-likeness (QED) is 0.899. The number of hydrogen-bond acceptors (Lipinski definition) is 4. The lowest BCUT2D eigenvalue weighted by molar-refractivity contribution is -0.910. The predicted octanol–water partition coefficient (Wildman–Crippen LogP) is 1.84. The highest BCUT2D eigenvalue weighted by molar-refractivity contribution is 7.10. The number of carbonyl (C=O) groups is 1. The smallest absolute Gasteiger partial charge is 0.279 e. The first-order valence-corrected chi connectivity index (χ1v) is 8.75. The first-order chi connectivity index (χ1) is 11.3. The molecule has 2 aromatic rings. The number of nitrogens with one attached hydrogen (secondary N) is 2. The summed E-state index contributed by atoms with van der Waals surface area (Å²) in [5.74, 6) is 1.46. The minimum absolute atomic E-state index is 0.0438. The van der Waals surface area contributed by atoms with Crippen molar-refractivity contribution in [1.82, 2.24) is 0 Å². The van der Waals surface area contributed by atoms with Crippen LogP contribution in [0.5, 0.6) is 11.5 Å². The Morgan fingerprint density at radius 3 is 3.09 bits per heavy atom. The number of fused-ring (bicyclic) bond motifs is 1. The molecule has 3 heterocycles. The van der Waals surface area contributed by atoms with E-state index in [1.807, 2.05) is 18.2 Å². The monoisotopic (exact) mass is 331 g/mol. The van der Waals surface area contributed by atoms with Gasteiger partial charge >= 0.3 is 0 Å². The lowest BCUT2D eigenvalue weighted by Gasteiger charge is -2.20. The number of amides is 1. The standard InChI is InChI=1S/C17H18N2O3S/c20-17(18-12-5-6-14-15(9-12)22-11-21-14)10-19-7-1-3-13(19)16-4-2-8-23-16/h2,4-6,8-9,13H,1,3,7,10-11H2,(H,18,20)/p+1/t13-/m1/s1. The van der Waals surface area contributed by atoms with Crippen LogP contribution in [0, 0.1) is 0 Å². The number of ether oxygens (including phenoxy) is 2. The third-order valence-electron chi connectivity index (χ3n) is 4.41. The van der Waals surface area contributed by atoms with E-state index < -0.39 is 0 Å². The number of carbonyl (C=O) groups excluding carboxylic acids is 1. The van der Waals surface area contributed by atoms with Gasteiger partial charge in [-0.3, -0.25) is 4.79 Å². The highest BCUT2D eigenvalue weighted by Crippen LogP contribution is 2.34. The molecular weight excluding hydrogens is 312 g/mol. The van der Waals surface area contributed by atoms with Gasteiger partial charge in [0.2, 0.25) is 6.79 Å². The summed E-state index contributed by atoms with van der Waals surface area (Å²) in [5, 5.41) is 5.08. The van der Waals surface area contributed by atoms with Crippen LogP contribution in [0.4, 0.5) is 5.69 Å². The van der Waals surface area contributed by atoms with E-state index >= 15 is 0 Å². The van der Waals surface area contributed by atoms with E-state index in [2.05, 4.69) is 22.8 Å². The molecule has 1 aromatic carbocycles. The van der Waals surface area contributed by atoms with E-state index in [9.17, 15) is 4.79 Å². The fraction of sp³-hybridized carbons (Fsp3) is 0.353. The van der Waals surface area contributed by atoms with Crippen LogP contribution in [0.2, 0.25) is 0 Å². The lowest BCUT2D eigenvalue weighted by atomic mass is 10.2. The molecule has 6 heteroatoms. The number of likely N-dealkylation sites (tertiary alicyclic amines) is 1. The zero-order chi connectivity index (χ0) is 15.6. The fourth-order valence-electron chi connectivity index (χ4n) is 3.34. The van der Waals surface area contributed by atoms with Gasteiger partial charge in [-0.05, 0) is 23.6 Å². The van der Waals surface area contributed by atoms with Gasteiger partial charge < -0.3 is 19.7 Å². The second-order valence-electron chi connectivity index (χ2n) is 5.91. The maximum atomic E-state index is 12.4. The Bertz CT molecular complexity index is 702. The molecule has 0 aliphatic carbocycles. The van der Waals surface area contributed by atoms with Crippen molar-refractivity contribution in [3.05, 3.63) is 40.6 Å². The zero-order valence-electron chi connectivity index (χ0n) is 12.7. The minimum Gasteiger partial charge on any atom is -0.454 e. The van der Waals surface area contributed by atoms with E-state index in [1.54, 1.807) is 11.3 Å². The van der Waals surface area contributed by atoms with Crippen molar-refractivity contribution < 1.29 is 19.2 Å². The van der Waals surface area contributed by atoms with Gasteiger partial charge in [0.05, 0.1) is 11.4 Å². The van der Waals surface area contributed by atoms with E-state index in [4.69, 9.17) is 9.47 Å². The van der Waals surface area contributed by atoms with Crippen LogP contribution in [-0.2, 0) is 4.79 Å². The van der Waals surface area contributed by atoms with Gasteiger partial charge in [-0.2, -0.15) is 0 Å². The molecule has 1 amide bonds. The molecule has 1 unspecified atom stereocenters. The number of quaternary nitrogens is 1. The maximum Gasteiger partial charge on any atom is 0.279 e. The molecule has 2 aliphatic heterocycles. The summed E-state index contributed by atoms with van der Waals surface area (Å²) in [4.78, 5) is 15.1. The van der Waals surface area contributed by atoms with Gasteiger partial charge in [-0.1, -0.05) is 6.07 Å². The summed E-state index contributed by atoms with van der Waals surface area (Å²) in [6.45, 7) is 1.79. The average Bonchev–Trinajstić information content (AvgIpc) is 3.27. The summed E-state index contributed by atoms with van der Waals surface area (Å²) in [6.07, 6.45) is 2.34. The summed E-state index contributed by atoms with van der Waals surface area (Å²) in [7, 11) is 0. The molecule has 0 bridgehead atoms. The van der Waals surface area contributed by atoms with Crippen molar-refractivity contribution in [1.29, 1.82) is 0 Å². The molecule has 0 saturated carbocycles. The molecule has 5 nitrogen and oxygen atoms in total. The van der Waals surface area contributed by atoms with Crippen molar-refractivity contribution >= 4 is 22.9 Å². The second-order valence-corrected chi connectivity index (χ2v) is 6.89. The average molecular weight is 331 g/mol. The number of benzene rings is 1. The Kier molecular flexibility index (Phi) is 3.93. The Balaban J connectivity index is 1.40. The number of thiophene rings is 1. The largest absolute Gasteiger partial charge is 0.454 e. The fourth-order valence-corrected chi connectivity index (χ4v) is 4.26. The second kappa shape index (κ2) is 6.22. The summed E-state index contributed by atoms with van der Waals surface area (Å²) >= 11 is 1.79. The molecule has 1 aromatic heterocycles. The third-order valence-corrected chi connectivity index (χ3v) is 5.40. The van der Waals surface area contributed by atoms with Crippen LogP contribution in [0.25, 0.3) is 0 Å². The van der Waals surface area contributed by atoms with Gasteiger partial charge in [0.25, 0.3) is 5.91 Å². The van der Waals surface area contributed by atoms with Gasteiger partial charge in [-0.15, -0.1) is 11.3 Å². The third kappa shape index (κ3) is 3.04. The summed E-state index contributed by atoms with van der Waals surface area (Å²) in [5.41, 5.74) is 0.755. The molecule has 2 N–H and O–H groups in total. The van der Waals surface area contributed by atoms with E-state index in [-0.39, 0.29) is 12.7 Å². The zero-order valence-corrected chi connectivity index (χ0v) is 13.5. The van der Waals surface area contributed by atoms with Crippen LogP contribution in [0.1, 0.15) is 23.8 Å². The van der Waals surface area contributed by atoms with Gasteiger partial charge in [0.1, 0.15) is 6.04 Å². The van der Waals surface area contributed by atoms with E-state index in [1.165, 1.54) is 16.2 Å². The van der Waals surface area contributed by atoms with Crippen LogP contribution in [-0.4, -0.2) is 25.8 Å². The maximum absolute atomic E-state index is 12.4. The van der Waals surface area contributed by atoms with Crippen LogP contribution >= 0.6 is 11.3 Å². The molecule has 0 radical (unpaired) electrons. The molecule has 23 heavy (non-hydrogen) atoms. The molecule has 2 aliphatic rings. The Labute approximate surface area is 138 Å². The van der Waals surface area contributed by atoms with Gasteiger partial charge in [0, 0.05) is 24.6 Å². The SMILES string of the molecule is O=C(C[NH+]1CCC[C@@H]1c1cccs1)Nc1ccc2c(c1)OCO2. The molecule has 1 fully saturated rings. The van der Waals surface area contributed by atoms with E-state index in [0.717, 1.165) is 24.4 Å². The minimum atomic E-state index is 0.0438. The predicted molar refractivity (Wildman–Crippen MR) is 88.2 cm³/mol. The Morgan fingerprint density at radius 2 is 2.22 bits per heavy atom. The van der Waals surface area contributed by atoms with Crippen LogP contribution < -0.4 is 19.7 Å². The topological polar surface area (TPSA) is 52.0 Å². The van der Waals surface area contributed by atoms with Crippen LogP contribution in [0.15, 0.2) is 35.7 Å². The first-order valence-electron chi connectivity index (χ1n) is 7.87. The highest BCUT2D eigenvalue weighted by atomic mass is 32.1. The molecule has 2 atom stereocenters. The molecule has 120 valence electrons. The highest BCUT2D eigenvalue weighted by Gasteiger charge is 2.32. The van der Waals surface area contributed by atoms with Crippen molar-refractivity contribution in [2.24, 2.45) is 0 Å². The Hall–Kier alpha value is -2.05. The van der Waals surface area contributed by atoms with E-state index in [0.29, 0.717) is 18.3 Å². The van der Waals surface area contributed by atoms with Crippen molar-refractivity contribution in [2.45, 2.75) is 18.9 Å². The molecule has 4 rings (SSSR count). The van der Waals surface area contributed by atoms with Crippen molar-refractivity contribution in [3.63, 3.8) is 0 Å². The first kappa shape index (κ1) is 14.5. The normalized spacial score (nSPS) is 22.3. The molecular formula is C17H19N2O3S+. The van der Waals surface area contributed by atoms with Gasteiger partial charge in [-0.25, -0.2) is 0 Å². The number of hydrogen-bond donors (Lipinski definition) is 2. The molecule has 1 saturated heterocycles. The Morgan fingerprint density at radius 1 is 1.30 bits per heavy atom. The van der Waals surface area contributed by atoms with Crippen molar-refractivity contribution in [2.75, 3.05) is 25.2 Å². The summed E-state index contributed by atoms with van der Waals surface area (Å²) < 4.78 is 10.6.